The van der Waals surface area contributed by atoms with Gasteiger partial charge in [-0.2, -0.15) is 0 Å². The minimum atomic E-state index is 0.323. The third-order valence-corrected chi connectivity index (χ3v) is 2.46. The Bertz CT molecular complexity index is 313. The van der Waals surface area contributed by atoms with Crippen LogP contribution in [0.4, 0.5) is 0 Å². The lowest BCUT2D eigenvalue weighted by Gasteiger charge is -2.10. The van der Waals surface area contributed by atoms with Crippen LogP contribution in [0.25, 0.3) is 0 Å². The van der Waals surface area contributed by atoms with Gasteiger partial charge in [0.2, 0.25) is 0 Å². The van der Waals surface area contributed by atoms with Crippen molar-refractivity contribution in [3.8, 4) is 5.75 Å². The van der Waals surface area contributed by atoms with E-state index in [0.717, 1.165) is 31.9 Å². The number of para-hydroxylation sites is 1. The van der Waals surface area contributed by atoms with Crippen molar-refractivity contribution in [2.45, 2.75) is 32.9 Å². The van der Waals surface area contributed by atoms with E-state index in [-0.39, 0.29) is 0 Å². The smallest absolute Gasteiger partial charge is 0.123 e. The molecule has 1 N–H and O–H groups in total. The summed E-state index contributed by atoms with van der Waals surface area (Å²) >= 11 is 0. The summed E-state index contributed by atoms with van der Waals surface area (Å²) in [4.78, 5) is 0. The fourth-order valence-corrected chi connectivity index (χ4v) is 1.59. The summed E-state index contributed by atoms with van der Waals surface area (Å²) in [7, 11) is 1.70. The molecule has 0 aliphatic carbocycles. The molecule has 3 nitrogen and oxygen atoms in total. The molecule has 0 spiro atoms. The van der Waals surface area contributed by atoms with Crippen molar-refractivity contribution in [2.75, 3.05) is 20.3 Å². The van der Waals surface area contributed by atoms with Crippen LogP contribution in [0.1, 0.15) is 25.8 Å². The van der Waals surface area contributed by atoms with Crippen LogP contribution in [0, 0.1) is 0 Å². The van der Waals surface area contributed by atoms with Crippen molar-refractivity contribution in [1.82, 2.24) is 5.32 Å². The van der Waals surface area contributed by atoms with Crippen LogP contribution in [-0.2, 0) is 11.3 Å². The van der Waals surface area contributed by atoms with Gasteiger partial charge in [0.05, 0.1) is 13.2 Å². The Hall–Kier alpha value is -1.06. The van der Waals surface area contributed by atoms with Crippen molar-refractivity contribution in [2.24, 2.45) is 0 Å². The summed E-state index contributed by atoms with van der Waals surface area (Å²) in [5.74, 6) is 0.943. The Balaban J connectivity index is 2.17. The lowest BCUT2D eigenvalue weighted by molar-refractivity contribution is 0.0770. The first-order valence-electron chi connectivity index (χ1n) is 6.18. The zero-order chi connectivity index (χ0) is 12.5. The average Bonchev–Trinajstić information content (AvgIpc) is 2.33. The van der Waals surface area contributed by atoms with E-state index in [1.165, 1.54) is 5.56 Å². The first kappa shape index (κ1) is 14.0. The number of rotatable bonds is 8. The first-order chi connectivity index (χ1) is 8.24. The minimum Gasteiger partial charge on any atom is -0.496 e. The molecule has 3 heteroatoms. The Morgan fingerprint density at radius 2 is 2.00 bits per heavy atom. The molecule has 1 rings (SSSR count). The van der Waals surface area contributed by atoms with Gasteiger partial charge in [-0.15, -0.1) is 0 Å². The van der Waals surface area contributed by atoms with Crippen LogP contribution in [0.3, 0.4) is 0 Å². The molecule has 0 aliphatic heterocycles. The largest absolute Gasteiger partial charge is 0.496 e. The second-order valence-corrected chi connectivity index (χ2v) is 4.26. The van der Waals surface area contributed by atoms with E-state index in [9.17, 15) is 0 Å². The number of benzene rings is 1. The fourth-order valence-electron chi connectivity index (χ4n) is 1.59. The van der Waals surface area contributed by atoms with Crippen molar-refractivity contribution >= 4 is 0 Å². The molecule has 0 unspecified atom stereocenters. The van der Waals surface area contributed by atoms with Gasteiger partial charge in [0, 0.05) is 18.7 Å². The van der Waals surface area contributed by atoms with Gasteiger partial charge in [-0.25, -0.2) is 0 Å². The van der Waals surface area contributed by atoms with E-state index in [1.54, 1.807) is 7.11 Å². The molecule has 0 saturated heterocycles. The van der Waals surface area contributed by atoms with Crippen molar-refractivity contribution in [1.29, 1.82) is 0 Å². The summed E-state index contributed by atoms with van der Waals surface area (Å²) in [6.07, 6.45) is 1.36. The van der Waals surface area contributed by atoms with Crippen LogP contribution < -0.4 is 10.1 Å². The van der Waals surface area contributed by atoms with Crippen LogP contribution in [0.2, 0.25) is 0 Å². The summed E-state index contributed by atoms with van der Waals surface area (Å²) in [6.45, 7) is 6.73. The highest BCUT2D eigenvalue weighted by Gasteiger charge is 2.00. The third-order valence-electron chi connectivity index (χ3n) is 2.46. The second kappa shape index (κ2) is 8.09. The molecule has 0 amide bonds. The van der Waals surface area contributed by atoms with Crippen LogP contribution >= 0.6 is 0 Å². The van der Waals surface area contributed by atoms with Gasteiger partial charge in [0.15, 0.2) is 0 Å². The quantitative estimate of drug-likeness (QED) is 0.705. The van der Waals surface area contributed by atoms with E-state index in [4.69, 9.17) is 9.47 Å². The highest BCUT2D eigenvalue weighted by Crippen LogP contribution is 2.16. The lowest BCUT2D eigenvalue weighted by atomic mass is 10.2. The van der Waals surface area contributed by atoms with Gasteiger partial charge in [0.1, 0.15) is 5.75 Å². The summed E-state index contributed by atoms with van der Waals surface area (Å²) in [5, 5.41) is 3.39. The van der Waals surface area contributed by atoms with Crippen molar-refractivity contribution < 1.29 is 9.47 Å². The predicted octanol–water partition coefficient (Wildman–Crippen LogP) is 2.60. The topological polar surface area (TPSA) is 30.5 Å². The molecule has 96 valence electrons. The Kier molecular flexibility index (Phi) is 6.67. The molecule has 0 bridgehead atoms. The van der Waals surface area contributed by atoms with Crippen LogP contribution in [-0.4, -0.2) is 26.4 Å². The average molecular weight is 237 g/mol. The molecule has 0 radical (unpaired) electrons. The van der Waals surface area contributed by atoms with Gasteiger partial charge < -0.3 is 14.8 Å². The molecule has 0 heterocycles. The number of ether oxygens (including phenoxy) is 2. The van der Waals surface area contributed by atoms with Crippen molar-refractivity contribution in [3.05, 3.63) is 29.8 Å². The van der Waals surface area contributed by atoms with E-state index < -0.39 is 0 Å². The number of hydrogen-bond donors (Lipinski definition) is 1. The van der Waals surface area contributed by atoms with Crippen LogP contribution in [0.5, 0.6) is 5.75 Å². The molecule has 0 aromatic heterocycles. The zero-order valence-electron chi connectivity index (χ0n) is 11.0. The molecule has 0 saturated carbocycles. The van der Waals surface area contributed by atoms with Gasteiger partial charge in [-0.1, -0.05) is 18.2 Å². The molecule has 0 atom stereocenters. The second-order valence-electron chi connectivity index (χ2n) is 4.26. The highest BCUT2D eigenvalue weighted by atomic mass is 16.5. The number of nitrogens with one attached hydrogen (secondary N) is 1. The van der Waals surface area contributed by atoms with Crippen LogP contribution in [0.15, 0.2) is 24.3 Å². The van der Waals surface area contributed by atoms with E-state index in [2.05, 4.69) is 25.2 Å². The number of methoxy groups -OCH3 is 1. The predicted molar refractivity (Wildman–Crippen MR) is 70.4 cm³/mol. The monoisotopic (exact) mass is 237 g/mol. The van der Waals surface area contributed by atoms with E-state index in [1.807, 2.05) is 18.2 Å². The fraction of sp³-hybridized carbons (Fsp3) is 0.571. The summed E-state index contributed by atoms with van der Waals surface area (Å²) < 4.78 is 10.8. The summed E-state index contributed by atoms with van der Waals surface area (Å²) in [5.41, 5.74) is 1.19. The van der Waals surface area contributed by atoms with Crippen molar-refractivity contribution in [3.63, 3.8) is 0 Å². The van der Waals surface area contributed by atoms with E-state index in [0.29, 0.717) is 6.10 Å². The maximum absolute atomic E-state index is 5.47. The maximum Gasteiger partial charge on any atom is 0.123 e. The Morgan fingerprint density at radius 3 is 2.71 bits per heavy atom. The molecule has 1 aromatic rings. The normalized spacial score (nSPS) is 10.8. The van der Waals surface area contributed by atoms with Gasteiger partial charge >= 0.3 is 0 Å². The zero-order valence-corrected chi connectivity index (χ0v) is 11.0. The SMILES string of the molecule is COc1ccccc1CNCCCOC(C)C. The summed E-state index contributed by atoms with van der Waals surface area (Å²) in [6, 6.07) is 8.08. The maximum atomic E-state index is 5.47. The molecular weight excluding hydrogens is 214 g/mol. The highest BCUT2D eigenvalue weighted by molar-refractivity contribution is 5.32. The molecule has 0 fully saturated rings. The Labute approximate surface area is 104 Å². The Morgan fingerprint density at radius 1 is 1.24 bits per heavy atom. The van der Waals surface area contributed by atoms with Gasteiger partial charge in [-0.3, -0.25) is 0 Å². The third kappa shape index (κ3) is 5.71. The lowest BCUT2D eigenvalue weighted by Crippen LogP contribution is -2.17. The standard InChI is InChI=1S/C14H23NO2/c1-12(2)17-10-6-9-15-11-13-7-4-5-8-14(13)16-3/h4-5,7-8,12,15H,6,9-11H2,1-3H3. The molecule has 17 heavy (non-hydrogen) atoms. The molecular formula is C14H23NO2. The van der Waals surface area contributed by atoms with E-state index >= 15 is 0 Å². The van der Waals surface area contributed by atoms with Gasteiger partial charge in [-0.05, 0) is 32.9 Å². The first-order valence-corrected chi connectivity index (χ1v) is 6.18. The molecule has 0 aliphatic rings. The molecule has 1 aromatic carbocycles. The van der Waals surface area contributed by atoms with Gasteiger partial charge in [0.25, 0.3) is 0 Å². The number of hydrogen-bond acceptors (Lipinski definition) is 3. The minimum absolute atomic E-state index is 0.323.